The van der Waals surface area contributed by atoms with E-state index in [0.717, 1.165) is 65.8 Å². The summed E-state index contributed by atoms with van der Waals surface area (Å²) in [6.07, 6.45) is 5.34. The fourth-order valence-corrected chi connectivity index (χ4v) is 5.44. The van der Waals surface area contributed by atoms with Gasteiger partial charge < -0.3 is 10.2 Å². The zero-order valence-corrected chi connectivity index (χ0v) is 24.2. The molecule has 0 bridgehead atoms. The van der Waals surface area contributed by atoms with Crippen molar-refractivity contribution >= 4 is 22.6 Å². The van der Waals surface area contributed by atoms with E-state index in [9.17, 15) is 4.79 Å². The highest BCUT2D eigenvalue weighted by Gasteiger charge is 2.20. The molecule has 6 rings (SSSR count). The summed E-state index contributed by atoms with van der Waals surface area (Å²) in [5.41, 5.74) is 6.35. The lowest BCUT2D eigenvalue weighted by Gasteiger charge is -2.32. The number of likely N-dealkylation sites (tertiary alicyclic amines) is 1. The molecule has 0 saturated carbocycles. The van der Waals surface area contributed by atoms with Crippen molar-refractivity contribution in [1.82, 2.24) is 29.7 Å². The van der Waals surface area contributed by atoms with Gasteiger partial charge in [0.15, 0.2) is 0 Å². The Morgan fingerprint density at radius 2 is 1.74 bits per heavy atom. The number of piperidine rings is 1. The van der Waals surface area contributed by atoms with Gasteiger partial charge in [0, 0.05) is 68.7 Å². The van der Waals surface area contributed by atoms with Gasteiger partial charge in [-0.3, -0.25) is 14.7 Å². The number of amides is 1. The fourth-order valence-electron chi connectivity index (χ4n) is 5.44. The number of nitriles is 1. The highest BCUT2D eigenvalue weighted by atomic mass is 16.2. The van der Waals surface area contributed by atoms with Crippen molar-refractivity contribution in [3.8, 4) is 28.5 Å². The maximum absolute atomic E-state index is 12.6. The molecule has 214 valence electrons. The standard InChI is InChI=1S/C34H32N8O/c1-41(2)34(43)30-19-29-26(21-37-30)18-28(24-6-4-3-5-7-24)33(39-29)25-10-8-23(9-11-25)22-42-16-13-27(14-17-42)38-31-12-15-36-32(20-35)40-31/h3-12,15,18-19,21,27H,13-14,16-17,22H2,1-2H3,(H,36,38,40). The van der Waals surface area contributed by atoms with E-state index in [-0.39, 0.29) is 11.7 Å². The number of pyridine rings is 2. The third-order valence-electron chi connectivity index (χ3n) is 7.74. The quantitative estimate of drug-likeness (QED) is 0.278. The molecule has 0 radical (unpaired) electrons. The largest absolute Gasteiger partial charge is 0.367 e. The van der Waals surface area contributed by atoms with Gasteiger partial charge in [0.2, 0.25) is 5.82 Å². The third kappa shape index (κ3) is 6.35. The summed E-state index contributed by atoms with van der Waals surface area (Å²) in [5.74, 6) is 0.736. The predicted molar refractivity (Wildman–Crippen MR) is 167 cm³/mol. The van der Waals surface area contributed by atoms with Crippen molar-refractivity contribution in [3.63, 3.8) is 0 Å². The lowest BCUT2D eigenvalue weighted by atomic mass is 9.97. The van der Waals surface area contributed by atoms with Crippen LogP contribution in [0, 0.1) is 11.3 Å². The normalized spacial score (nSPS) is 13.9. The van der Waals surface area contributed by atoms with Gasteiger partial charge in [0.05, 0.1) is 11.2 Å². The van der Waals surface area contributed by atoms with Crippen LogP contribution < -0.4 is 5.32 Å². The molecule has 4 heterocycles. The Hall–Kier alpha value is -5.20. The topological polar surface area (TPSA) is 111 Å². The molecule has 2 aromatic carbocycles. The predicted octanol–water partition coefficient (Wildman–Crippen LogP) is 5.40. The molecule has 3 aromatic heterocycles. The number of hydrogen-bond acceptors (Lipinski definition) is 8. The Balaban J connectivity index is 1.20. The average Bonchev–Trinajstić information content (AvgIpc) is 3.05. The first kappa shape index (κ1) is 27.9. The van der Waals surface area contributed by atoms with Gasteiger partial charge in [-0.05, 0) is 42.2 Å². The fraction of sp³-hybridized carbons (Fsp3) is 0.235. The Morgan fingerprint density at radius 3 is 2.47 bits per heavy atom. The highest BCUT2D eigenvalue weighted by molar-refractivity contribution is 5.97. The molecule has 1 amide bonds. The molecule has 9 nitrogen and oxygen atoms in total. The molecule has 9 heteroatoms. The smallest absolute Gasteiger partial charge is 0.272 e. The van der Waals surface area contributed by atoms with Crippen LogP contribution in [0.15, 0.2) is 85.2 Å². The minimum Gasteiger partial charge on any atom is -0.367 e. The van der Waals surface area contributed by atoms with Gasteiger partial charge in [-0.1, -0.05) is 54.6 Å². The first-order valence-electron chi connectivity index (χ1n) is 14.4. The molecule has 1 fully saturated rings. The van der Waals surface area contributed by atoms with Crippen LogP contribution >= 0.6 is 0 Å². The van der Waals surface area contributed by atoms with E-state index in [1.165, 1.54) is 10.5 Å². The zero-order valence-electron chi connectivity index (χ0n) is 24.2. The third-order valence-corrected chi connectivity index (χ3v) is 7.74. The number of fused-ring (bicyclic) bond motifs is 1. The van der Waals surface area contributed by atoms with Gasteiger partial charge >= 0.3 is 0 Å². The first-order valence-corrected chi connectivity index (χ1v) is 14.4. The van der Waals surface area contributed by atoms with E-state index >= 15 is 0 Å². The second-order valence-corrected chi connectivity index (χ2v) is 11.0. The van der Waals surface area contributed by atoms with Crippen molar-refractivity contribution in [2.24, 2.45) is 0 Å². The van der Waals surface area contributed by atoms with E-state index in [0.29, 0.717) is 17.6 Å². The number of rotatable bonds is 7. The number of carbonyl (C=O) groups excluding carboxylic acids is 1. The maximum Gasteiger partial charge on any atom is 0.272 e. The first-order chi connectivity index (χ1) is 21.0. The lowest BCUT2D eigenvalue weighted by Crippen LogP contribution is -2.38. The lowest BCUT2D eigenvalue weighted by molar-refractivity contribution is 0.0822. The Morgan fingerprint density at radius 1 is 0.977 bits per heavy atom. The molecular formula is C34H32N8O. The Kier molecular flexibility index (Phi) is 8.03. The summed E-state index contributed by atoms with van der Waals surface area (Å²) in [6.45, 7) is 2.82. The monoisotopic (exact) mass is 568 g/mol. The SMILES string of the molecule is CN(C)C(=O)c1cc2nc(-c3ccc(CN4CCC(Nc5ccnc(C#N)n5)CC4)cc3)c(-c3ccccc3)cc2cn1. The molecular weight excluding hydrogens is 536 g/mol. The molecule has 0 spiro atoms. The van der Waals surface area contributed by atoms with Gasteiger partial charge in [-0.25, -0.2) is 15.0 Å². The second kappa shape index (κ2) is 12.3. The molecule has 0 aliphatic carbocycles. The molecule has 1 saturated heterocycles. The number of anilines is 1. The van der Waals surface area contributed by atoms with Crippen LogP contribution in [0.25, 0.3) is 33.3 Å². The Labute approximate surface area is 250 Å². The number of aromatic nitrogens is 4. The number of nitrogens with one attached hydrogen (secondary N) is 1. The van der Waals surface area contributed by atoms with Gasteiger partial charge in [-0.15, -0.1) is 0 Å². The van der Waals surface area contributed by atoms with E-state index in [1.54, 1.807) is 32.6 Å². The number of carbonyl (C=O) groups is 1. The highest BCUT2D eigenvalue weighted by Crippen LogP contribution is 2.34. The van der Waals surface area contributed by atoms with Gasteiger partial charge in [-0.2, -0.15) is 5.26 Å². The molecule has 1 aliphatic rings. The van der Waals surface area contributed by atoms with Crippen LogP contribution in [0.3, 0.4) is 0 Å². The summed E-state index contributed by atoms with van der Waals surface area (Å²) >= 11 is 0. The van der Waals surface area contributed by atoms with E-state index in [2.05, 4.69) is 67.6 Å². The minimum atomic E-state index is -0.149. The minimum absolute atomic E-state index is 0.149. The van der Waals surface area contributed by atoms with Crippen LogP contribution in [0.5, 0.6) is 0 Å². The molecule has 1 aliphatic heterocycles. The van der Waals surface area contributed by atoms with E-state index in [1.807, 2.05) is 30.3 Å². The molecule has 0 unspecified atom stereocenters. The van der Waals surface area contributed by atoms with Crippen molar-refractivity contribution < 1.29 is 4.79 Å². The summed E-state index contributed by atoms with van der Waals surface area (Å²) in [6, 6.07) is 26.9. The van der Waals surface area contributed by atoms with Gasteiger partial charge in [0.1, 0.15) is 17.6 Å². The van der Waals surface area contributed by atoms with Gasteiger partial charge in [0.25, 0.3) is 5.91 Å². The summed E-state index contributed by atoms with van der Waals surface area (Å²) < 4.78 is 0. The average molecular weight is 569 g/mol. The second-order valence-electron chi connectivity index (χ2n) is 11.0. The molecule has 0 atom stereocenters. The number of benzene rings is 2. The van der Waals surface area contributed by atoms with Crippen molar-refractivity contribution in [3.05, 3.63) is 102 Å². The maximum atomic E-state index is 12.6. The summed E-state index contributed by atoms with van der Waals surface area (Å²) in [7, 11) is 3.44. The zero-order chi connectivity index (χ0) is 29.8. The summed E-state index contributed by atoms with van der Waals surface area (Å²) in [4.78, 5) is 34.2. The van der Waals surface area contributed by atoms with Crippen molar-refractivity contribution in [2.75, 3.05) is 32.5 Å². The van der Waals surface area contributed by atoms with Crippen LogP contribution in [-0.2, 0) is 6.54 Å². The van der Waals surface area contributed by atoms with Crippen LogP contribution in [-0.4, -0.2) is 68.9 Å². The van der Waals surface area contributed by atoms with Crippen molar-refractivity contribution in [1.29, 1.82) is 5.26 Å². The van der Waals surface area contributed by atoms with Crippen LogP contribution in [0.1, 0.15) is 34.7 Å². The van der Waals surface area contributed by atoms with E-state index in [4.69, 9.17) is 10.2 Å². The number of hydrogen-bond donors (Lipinski definition) is 1. The van der Waals surface area contributed by atoms with E-state index < -0.39 is 0 Å². The Bertz CT molecular complexity index is 1790. The van der Waals surface area contributed by atoms with Crippen molar-refractivity contribution in [2.45, 2.75) is 25.4 Å². The number of nitrogens with zero attached hydrogens (tertiary/aromatic N) is 7. The van der Waals surface area contributed by atoms with Crippen LogP contribution in [0.4, 0.5) is 5.82 Å². The van der Waals surface area contributed by atoms with Crippen LogP contribution in [0.2, 0.25) is 0 Å². The molecule has 5 aromatic rings. The molecule has 43 heavy (non-hydrogen) atoms. The summed E-state index contributed by atoms with van der Waals surface area (Å²) in [5, 5.41) is 13.4. The molecule has 1 N–H and O–H groups in total.